The molecule has 0 heterocycles. The number of benzene rings is 1. The third-order valence-electron chi connectivity index (χ3n) is 3.94. The second-order valence-corrected chi connectivity index (χ2v) is 7.45. The number of sulfone groups is 1. The van der Waals surface area contributed by atoms with Crippen LogP contribution in [0.2, 0.25) is 0 Å². The van der Waals surface area contributed by atoms with Crippen molar-refractivity contribution in [2.75, 3.05) is 6.54 Å². The SMILES string of the molecule is CCNC1CCCCC1S(=O)(=O)c1ccc([N+](=O)[O-])cc1. The fourth-order valence-electron chi connectivity index (χ4n) is 2.90. The maximum Gasteiger partial charge on any atom is 0.269 e. The van der Waals surface area contributed by atoms with Crippen molar-refractivity contribution in [1.82, 2.24) is 5.32 Å². The second kappa shape index (κ2) is 6.53. The third kappa shape index (κ3) is 3.41. The predicted molar refractivity (Wildman–Crippen MR) is 80.0 cm³/mol. The number of nitrogens with zero attached hydrogens (tertiary/aromatic N) is 1. The molecule has 2 unspecified atom stereocenters. The Labute approximate surface area is 124 Å². The summed E-state index contributed by atoms with van der Waals surface area (Å²) in [5.74, 6) is 0. The topological polar surface area (TPSA) is 89.3 Å². The Morgan fingerprint density at radius 2 is 1.86 bits per heavy atom. The van der Waals surface area contributed by atoms with E-state index in [1.807, 2.05) is 6.92 Å². The van der Waals surface area contributed by atoms with Gasteiger partial charge >= 0.3 is 0 Å². The van der Waals surface area contributed by atoms with Crippen molar-refractivity contribution in [3.8, 4) is 0 Å². The molecule has 0 amide bonds. The minimum absolute atomic E-state index is 0.0380. The van der Waals surface area contributed by atoms with Gasteiger partial charge in [-0.1, -0.05) is 19.8 Å². The molecule has 0 aliphatic heterocycles. The molecule has 2 atom stereocenters. The smallest absolute Gasteiger partial charge is 0.269 e. The van der Waals surface area contributed by atoms with E-state index < -0.39 is 20.0 Å². The van der Waals surface area contributed by atoms with Gasteiger partial charge in [-0.3, -0.25) is 10.1 Å². The van der Waals surface area contributed by atoms with Gasteiger partial charge in [0, 0.05) is 18.2 Å². The second-order valence-electron chi connectivity index (χ2n) is 5.28. The number of hydrogen-bond donors (Lipinski definition) is 1. The number of rotatable bonds is 5. The van der Waals surface area contributed by atoms with E-state index in [0.717, 1.165) is 25.8 Å². The first kappa shape index (κ1) is 15.9. The fourth-order valence-corrected chi connectivity index (χ4v) is 4.90. The maximum absolute atomic E-state index is 12.7. The number of nitro benzene ring substituents is 1. The Hall–Kier alpha value is -1.47. The minimum Gasteiger partial charge on any atom is -0.313 e. The summed E-state index contributed by atoms with van der Waals surface area (Å²) in [7, 11) is -3.46. The molecule has 1 N–H and O–H groups in total. The lowest BCUT2D eigenvalue weighted by atomic mass is 9.95. The van der Waals surface area contributed by atoms with Crippen molar-refractivity contribution in [3.05, 3.63) is 34.4 Å². The highest BCUT2D eigenvalue weighted by molar-refractivity contribution is 7.92. The molecule has 0 aromatic heterocycles. The molecule has 1 aliphatic carbocycles. The Morgan fingerprint density at radius 1 is 1.24 bits per heavy atom. The Kier molecular flexibility index (Phi) is 4.95. The Bertz CT molecular complexity index is 596. The van der Waals surface area contributed by atoms with E-state index in [4.69, 9.17) is 0 Å². The standard InChI is InChI=1S/C14H20N2O4S/c1-2-15-13-5-3-4-6-14(13)21(19,20)12-9-7-11(8-10-12)16(17)18/h7-10,13-15H,2-6H2,1H3. The van der Waals surface area contributed by atoms with Crippen LogP contribution in [0.5, 0.6) is 0 Å². The van der Waals surface area contributed by atoms with Crippen molar-refractivity contribution in [1.29, 1.82) is 0 Å². The van der Waals surface area contributed by atoms with Crippen molar-refractivity contribution in [2.45, 2.75) is 48.8 Å². The summed E-state index contributed by atoms with van der Waals surface area (Å²) < 4.78 is 25.5. The van der Waals surface area contributed by atoms with Gasteiger partial charge in [0.2, 0.25) is 0 Å². The first-order valence-corrected chi connectivity index (χ1v) is 8.73. The van der Waals surface area contributed by atoms with Gasteiger partial charge in [-0.25, -0.2) is 8.42 Å². The van der Waals surface area contributed by atoms with E-state index in [9.17, 15) is 18.5 Å². The maximum atomic E-state index is 12.7. The first-order valence-electron chi connectivity index (χ1n) is 7.18. The molecule has 116 valence electrons. The highest BCUT2D eigenvalue weighted by atomic mass is 32.2. The van der Waals surface area contributed by atoms with Gasteiger partial charge in [0.25, 0.3) is 5.69 Å². The summed E-state index contributed by atoms with van der Waals surface area (Å²) in [4.78, 5) is 10.3. The zero-order valence-electron chi connectivity index (χ0n) is 12.0. The number of non-ortho nitro benzene ring substituents is 1. The predicted octanol–water partition coefficient (Wildman–Crippen LogP) is 2.29. The molecular formula is C14H20N2O4S. The summed E-state index contributed by atoms with van der Waals surface area (Å²) in [6.45, 7) is 2.70. The third-order valence-corrected chi connectivity index (χ3v) is 6.23. The van der Waals surface area contributed by atoms with E-state index in [1.54, 1.807) is 0 Å². The number of nitro groups is 1. The minimum atomic E-state index is -3.46. The average molecular weight is 312 g/mol. The quantitative estimate of drug-likeness (QED) is 0.665. The van der Waals surface area contributed by atoms with Crippen LogP contribution in [0, 0.1) is 10.1 Å². The zero-order chi connectivity index (χ0) is 15.5. The van der Waals surface area contributed by atoms with Crippen molar-refractivity contribution in [3.63, 3.8) is 0 Å². The summed E-state index contributed by atoms with van der Waals surface area (Å²) in [5.41, 5.74) is -0.0965. The van der Waals surface area contributed by atoms with Crippen LogP contribution in [-0.2, 0) is 9.84 Å². The summed E-state index contributed by atoms with van der Waals surface area (Å²) in [6.07, 6.45) is 3.42. The molecule has 1 aliphatic rings. The lowest BCUT2D eigenvalue weighted by Gasteiger charge is -2.31. The molecule has 0 radical (unpaired) electrons. The fraction of sp³-hybridized carbons (Fsp3) is 0.571. The van der Waals surface area contributed by atoms with Gasteiger partial charge in [0.05, 0.1) is 15.1 Å². The number of nitrogens with one attached hydrogen (secondary N) is 1. The van der Waals surface area contributed by atoms with Crippen LogP contribution in [0.15, 0.2) is 29.2 Å². The molecule has 0 saturated heterocycles. The van der Waals surface area contributed by atoms with E-state index in [1.165, 1.54) is 24.3 Å². The molecule has 0 spiro atoms. The van der Waals surface area contributed by atoms with Gasteiger partial charge in [0.1, 0.15) is 0 Å². The van der Waals surface area contributed by atoms with Crippen molar-refractivity contribution >= 4 is 15.5 Å². The Morgan fingerprint density at radius 3 is 2.43 bits per heavy atom. The van der Waals surface area contributed by atoms with Gasteiger partial charge < -0.3 is 5.32 Å². The highest BCUT2D eigenvalue weighted by Gasteiger charge is 2.36. The zero-order valence-corrected chi connectivity index (χ0v) is 12.8. The molecule has 21 heavy (non-hydrogen) atoms. The van der Waals surface area contributed by atoms with Crippen molar-refractivity contribution in [2.24, 2.45) is 0 Å². The normalized spacial score (nSPS) is 22.9. The Balaban J connectivity index is 2.28. The molecule has 2 rings (SSSR count). The average Bonchev–Trinajstić information content (AvgIpc) is 2.48. The molecule has 6 nitrogen and oxygen atoms in total. The van der Waals surface area contributed by atoms with Crippen LogP contribution in [0.3, 0.4) is 0 Å². The molecule has 0 bridgehead atoms. The van der Waals surface area contributed by atoms with Gasteiger partial charge in [-0.15, -0.1) is 0 Å². The van der Waals surface area contributed by atoms with Gasteiger partial charge in [-0.05, 0) is 31.5 Å². The molecule has 1 saturated carbocycles. The van der Waals surface area contributed by atoms with Crippen molar-refractivity contribution < 1.29 is 13.3 Å². The van der Waals surface area contributed by atoms with Gasteiger partial charge in [-0.2, -0.15) is 0 Å². The first-order chi connectivity index (χ1) is 9.96. The molecule has 7 heteroatoms. The van der Waals surface area contributed by atoms with Crippen LogP contribution < -0.4 is 5.32 Å². The lowest BCUT2D eigenvalue weighted by Crippen LogP contribution is -2.46. The van der Waals surface area contributed by atoms with Crippen LogP contribution in [0.4, 0.5) is 5.69 Å². The van der Waals surface area contributed by atoms with E-state index in [2.05, 4.69) is 5.32 Å². The monoisotopic (exact) mass is 312 g/mol. The summed E-state index contributed by atoms with van der Waals surface area (Å²) >= 11 is 0. The molecule has 1 aromatic rings. The largest absolute Gasteiger partial charge is 0.313 e. The summed E-state index contributed by atoms with van der Waals surface area (Å²) in [6, 6.07) is 5.13. The number of hydrogen-bond acceptors (Lipinski definition) is 5. The van der Waals surface area contributed by atoms with E-state index >= 15 is 0 Å². The summed E-state index contributed by atoms with van der Waals surface area (Å²) in [5, 5.41) is 13.4. The van der Waals surface area contributed by atoms with E-state index in [-0.39, 0.29) is 16.6 Å². The van der Waals surface area contributed by atoms with Crippen LogP contribution in [0.25, 0.3) is 0 Å². The van der Waals surface area contributed by atoms with Crippen LogP contribution in [0.1, 0.15) is 32.6 Å². The molecule has 1 aromatic carbocycles. The molecule has 1 fully saturated rings. The van der Waals surface area contributed by atoms with Crippen LogP contribution >= 0.6 is 0 Å². The lowest BCUT2D eigenvalue weighted by molar-refractivity contribution is -0.384. The van der Waals surface area contributed by atoms with E-state index in [0.29, 0.717) is 6.42 Å². The molecular weight excluding hydrogens is 292 g/mol. The highest BCUT2D eigenvalue weighted by Crippen LogP contribution is 2.29. The van der Waals surface area contributed by atoms with Gasteiger partial charge in [0.15, 0.2) is 9.84 Å². The van der Waals surface area contributed by atoms with Crippen LogP contribution in [-0.4, -0.2) is 31.2 Å².